The number of carbonyl (C=O) groups excluding carboxylic acids is 1. The van der Waals surface area contributed by atoms with Gasteiger partial charge < -0.3 is 15.0 Å². The Bertz CT molecular complexity index is 432. The van der Waals surface area contributed by atoms with Crippen LogP contribution in [0.5, 0.6) is 5.75 Å². The third-order valence-corrected chi connectivity index (χ3v) is 3.17. The van der Waals surface area contributed by atoms with Crippen molar-refractivity contribution in [1.29, 1.82) is 0 Å². The second-order valence-electron chi connectivity index (χ2n) is 5.01. The van der Waals surface area contributed by atoms with Crippen molar-refractivity contribution in [3.8, 4) is 5.75 Å². The number of ether oxygens (including phenoxy) is 1. The zero-order valence-corrected chi connectivity index (χ0v) is 13.0. The minimum Gasteiger partial charge on any atom is -0.494 e. The van der Waals surface area contributed by atoms with Crippen LogP contribution in [0.2, 0.25) is 0 Å². The molecule has 0 aliphatic rings. The van der Waals surface area contributed by atoms with E-state index >= 15 is 0 Å². The van der Waals surface area contributed by atoms with Gasteiger partial charge in [-0.3, -0.25) is 4.79 Å². The molecule has 1 N–H and O–H groups in total. The van der Waals surface area contributed by atoms with Gasteiger partial charge in [0.15, 0.2) is 5.78 Å². The largest absolute Gasteiger partial charge is 0.494 e. The average molecular weight is 278 g/mol. The molecule has 0 amide bonds. The molecule has 0 bridgehead atoms. The maximum Gasteiger partial charge on any atom is 0.159 e. The normalized spacial score (nSPS) is 10.8. The lowest BCUT2D eigenvalue weighted by Crippen LogP contribution is -2.23. The van der Waals surface area contributed by atoms with Gasteiger partial charge >= 0.3 is 0 Å². The van der Waals surface area contributed by atoms with Gasteiger partial charge in [-0.2, -0.15) is 0 Å². The van der Waals surface area contributed by atoms with E-state index in [-0.39, 0.29) is 5.78 Å². The summed E-state index contributed by atoms with van der Waals surface area (Å²) in [6, 6.07) is 5.68. The van der Waals surface area contributed by atoms with E-state index in [2.05, 4.69) is 17.3 Å². The van der Waals surface area contributed by atoms with E-state index in [1.165, 1.54) is 0 Å². The number of hydrogen-bond donors (Lipinski definition) is 1. The standard InChI is InChI=1S/C16H26N2O2/c1-5-20-16-8-7-14(13(2)19)11-15(16)12-18(4)10-6-9-17-3/h7-8,11,17H,5-6,9-10,12H2,1-4H3. The van der Waals surface area contributed by atoms with Gasteiger partial charge in [0.2, 0.25) is 0 Å². The fourth-order valence-electron chi connectivity index (χ4n) is 2.11. The van der Waals surface area contributed by atoms with Crippen molar-refractivity contribution in [3.63, 3.8) is 0 Å². The molecule has 0 spiro atoms. The number of ketones is 1. The lowest BCUT2D eigenvalue weighted by molar-refractivity contribution is 0.101. The molecule has 0 heterocycles. The summed E-state index contributed by atoms with van der Waals surface area (Å²) in [7, 11) is 4.05. The molecule has 0 aromatic heterocycles. The molecule has 112 valence electrons. The molecule has 1 aromatic carbocycles. The smallest absolute Gasteiger partial charge is 0.159 e. The fraction of sp³-hybridized carbons (Fsp3) is 0.562. The van der Waals surface area contributed by atoms with Crippen molar-refractivity contribution >= 4 is 5.78 Å². The maximum absolute atomic E-state index is 11.5. The Morgan fingerprint density at radius 2 is 2.15 bits per heavy atom. The monoisotopic (exact) mass is 278 g/mol. The Morgan fingerprint density at radius 1 is 1.40 bits per heavy atom. The molecule has 4 heteroatoms. The Hall–Kier alpha value is -1.39. The number of benzene rings is 1. The van der Waals surface area contributed by atoms with Crippen LogP contribution in [0.25, 0.3) is 0 Å². The van der Waals surface area contributed by atoms with Crippen LogP contribution in [0.4, 0.5) is 0 Å². The minimum atomic E-state index is 0.0899. The molecular formula is C16H26N2O2. The van der Waals surface area contributed by atoms with Gasteiger partial charge in [0.1, 0.15) is 5.75 Å². The van der Waals surface area contributed by atoms with E-state index in [1.54, 1.807) is 6.92 Å². The summed E-state index contributed by atoms with van der Waals surface area (Å²) < 4.78 is 5.65. The molecule has 1 aromatic rings. The van der Waals surface area contributed by atoms with Gasteiger partial charge in [0.05, 0.1) is 6.61 Å². The molecule has 0 aliphatic carbocycles. The van der Waals surface area contributed by atoms with Crippen LogP contribution in [0.1, 0.15) is 36.2 Å². The first-order valence-electron chi connectivity index (χ1n) is 7.18. The highest BCUT2D eigenvalue weighted by Gasteiger charge is 2.10. The van der Waals surface area contributed by atoms with Crippen LogP contribution in [-0.2, 0) is 6.54 Å². The summed E-state index contributed by atoms with van der Waals surface area (Å²) in [4.78, 5) is 13.7. The lowest BCUT2D eigenvalue weighted by Gasteiger charge is -2.19. The Morgan fingerprint density at radius 3 is 2.75 bits per heavy atom. The predicted molar refractivity (Wildman–Crippen MR) is 82.5 cm³/mol. The first-order valence-corrected chi connectivity index (χ1v) is 7.18. The van der Waals surface area contributed by atoms with Gasteiger partial charge in [-0.15, -0.1) is 0 Å². The van der Waals surface area contributed by atoms with Crippen LogP contribution < -0.4 is 10.1 Å². The van der Waals surface area contributed by atoms with Gasteiger partial charge in [-0.05, 0) is 65.7 Å². The van der Waals surface area contributed by atoms with Crippen molar-refractivity contribution in [3.05, 3.63) is 29.3 Å². The van der Waals surface area contributed by atoms with E-state index in [4.69, 9.17) is 4.74 Å². The molecule has 0 fully saturated rings. The highest BCUT2D eigenvalue weighted by molar-refractivity contribution is 5.94. The minimum absolute atomic E-state index is 0.0899. The van der Waals surface area contributed by atoms with E-state index in [0.717, 1.165) is 42.9 Å². The van der Waals surface area contributed by atoms with Gasteiger partial charge in [0.25, 0.3) is 0 Å². The summed E-state index contributed by atoms with van der Waals surface area (Å²) in [5, 5.41) is 3.15. The Balaban J connectivity index is 2.78. The number of nitrogens with zero attached hydrogens (tertiary/aromatic N) is 1. The molecule has 0 saturated carbocycles. The molecule has 0 atom stereocenters. The van der Waals surface area contributed by atoms with E-state index in [9.17, 15) is 4.79 Å². The number of rotatable bonds is 9. The van der Waals surface area contributed by atoms with Crippen molar-refractivity contribution in [2.45, 2.75) is 26.8 Å². The van der Waals surface area contributed by atoms with Crippen LogP contribution in [0.15, 0.2) is 18.2 Å². The second kappa shape index (κ2) is 8.72. The van der Waals surface area contributed by atoms with E-state index < -0.39 is 0 Å². The third kappa shape index (κ3) is 5.31. The van der Waals surface area contributed by atoms with Crippen LogP contribution in [0.3, 0.4) is 0 Å². The number of nitrogens with one attached hydrogen (secondary N) is 1. The third-order valence-electron chi connectivity index (χ3n) is 3.17. The molecule has 0 aliphatic heterocycles. The summed E-state index contributed by atoms with van der Waals surface area (Å²) in [5.41, 5.74) is 1.82. The maximum atomic E-state index is 11.5. The van der Waals surface area contributed by atoms with Crippen molar-refractivity contribution in [1.82, 2.24) is 10.2 Å². The summed E-state index contributed by atoms with van der Waals surface area (Å²) in [6.45, 7) is 7.01. The van der Waals surface area contributed by atoms with Gasteiger partial charge in [-0.1, -0.05) is 0 Å². The highest BCUT2D eigenvalue weighted by Crippen LogP contribution is 2.22. The van der Waals surface area contributed by atoms with E-state index in [0.29, 0.717) is 6.61 Å². The van der Waals surface area contributed by atoms with Crippen molar-refractivity contribution < 1.29 is 9.53 Å². The van der Waals surface area contributed by atoms with Gasteiger partial charge in [0, 0.05) is 17.7 Å². The molecule has 0 radical (unpaired) electrons. The van der Waals surface area contributed by atoms with Crippen molar-refractivity contribution in [2.24, 2.45) is 0 Å². The lowest BCUT2D eigenvalue weighted by atomic mass is 10.1. The molecule has 0 saturated heterocycles. The quantitative estimate of drug-likeness (QED) is 0.556. The number of hydrogen-bond acceptors (Lipinski definition) is 4. The Kier molecular flexibility index (Phi) is 7.26. The molecule has 1 rings (SSSR count). The summed E-state index contributed by atoms with van der Waals surface area (Å²) in [5.74, 6) is 0.963. The highest BCUT2D eigenvalue weighted by atomic mass is 16.5. The van der Waals surface area contributed by atoms with Crippen LogP contribution in [0, 0.1) is 0 Å². The van der Waals surface area contributed by atoms with Crippen LogP contribution in [-0.4, -0.2) is 44.5 Å². The molecule has 0 unspecified atom stereocenters. The van der Waals surface area contributed by atoms with E-state index in [1.807, 2.05) is 32.2 Å². The predicted octanol–water partition coefficient (Wildman–Crippen LogP) is 2.33. The first-order chi connectivity index (χ1) is 9.58. The zero-order chi connectivity index (χ0) is 15.0. The zero-order valence-electron chi connectivity index (χ0n) is 13.0. The Labute approximate surface area is 122 Å². The average Bonchev–Trinajstić information content (AvgIpc) is 2.41. The molecule has 4 nitrogen and oxygen atoms in total. The second-order valence-corrected chi connectivity index (χ2v) is 5.01. The number of Topliss-reactive ketones (excluding diaryl/α,β-unsaturated/α-hetero) is 1. The molecular weight excluding hydrogens is 252 g/mol. The number of carbonyl (C=O) groups is 1. The molecule has 20 heavy (non-hydrogen) atoms. The summed E-state index contributed by atoms with van der Waals surface area (Å²) in [6.07, 6.45) is 1.10. The first kappa shape index (κ1) is 16.7. The van der Waals surface area contributed by atoms with Crippen LogP contribution >= 0.6 is 0 Å². The van der Waals surface area contributed by atoms with Gasteiger partial charge in [-0.25, -0.2) is 0 Å². The SMILES string of the molecule is CCOc1ccc(C(C)=O)cc1CN(C)CCCNC. The summed E-state index contributed by atoms with van der Waals surface area (Å²) >= 11 is 0. The topological polar surface area (TPSA) is 41.6 Å². The van der Waals surface area contributed by atoms with Crippen molar-refractivity contribution in [2.75, 3.05) is 33.8 Å². The fourth-order valence-corrected chi connectivity index (χ4v) is 2.11.